The van der Waals surface area contributed by atoms with Crippen molar-refractivity contribution in [2.75, 3.05) is 6.54 Å². The molecule has 0 radical (unpaired) electrons. The molecule has 1 fully saturated rings. The number of rotatable bonds is 2. The van der Waals surface area contributed by atoms with E-state index in [0.717, 1.165) is 23.0 Å². The summed E-state index contributed by atoms with van der Waals surface area (Å²) in [6.45, 7) is 0.808. The Bertz CT molecular complexity index is 659. The van der Waals surface area contributed by atoms with Crippen molar-refractivity contribution in [1.82, 2.24) is 4.90 Å². The minimum Gasteiger partial charge on any atom is -0.332 e. The fraction of sp³-hybridized carbons (Fsp3) is 0.235. The molecule has 21 heavy (non-hydrogen) atoms. The van der Waals surface area contributed by atoms with E-state index < -0.39 is 0 Å². The van der Waals surface area contributed by atoms with Gasteiger partial charge in [0.25, 0.3) is 5.91 Å². The number of halogens is 2. The van der Waals surface area contributed by atoms with Crippen molar-refractivity contribution in [1.29, 1.82) is 0 Å². The zero-order chi connectivity index (χ0) is 14.8. The quantitative estimate of drug-likeness (QED) is 0.642. The van der Waals surface area contributed by atoms with Crippen LogP contribution in [0.5, 0.6) is 0 Å². The van der Waals surface area contributed by atoms with Gasteiger partial charge in [-0.3, -0.25) is 4.79 Å². The Morgan fingerprint density at radius 3 is 2.67 bits per heavy atom. The molecule has 4 heteroatoms. The largest absolute Gasteiger partial charge is 0.332 e. The topological polar surface area (TPSA) is 20.3 Å². The summed E-state index contributed by atoms with van der Waals surface area (Å²) in [5.74, 6) is 0.0691. The maximum Gasteiger partial charge on any atom is 0.254 e. The Labute approximate surface area is 143 Å². The van der Waals surface area contributed by atoms with Gasteiger partial charge in [-0.1, -0.05) is 41.9 Å². The third kappa shape index (κ3) is 3.09. The summed E-state index contributed by atoms with van der Waals surface area (Å²) < 4.78 is 0.965. The number of hydrogen-bond donors (Lipinski definition) is 0. The molecule has 1 amide bonds. The van der Waals surface area contributed by atoms with Crippen LogP contribution in [0.15, 0.2) is 48.5 Å². The van der Waals surface area contributed by atoms with E-state index in [1.807, 2.05) is 35.2 Å². The van der Waals surface area contributed by atoms with Crippen LogP contribution in [0, 0.1) is 3.57 Å². The second-order valence-electron chi connectivity index (χ2n) is 5.20. The van der Waals surface area contributed by atoms with Crippen molar-refractivity contribution >= 4 is 40.1 Å². The van der Waals surface area contributed by atoms with E-state index in [-0.39, 0.29) is 11.9 Å². The minimum atomic E-state index is 0.0691. The molecule has 0 saturated carbocycles. The number of amides is 1. The molecule has 1 aliphatic heterocycles. The number of carbonyl (C=O) groups is 1. The Morgan fingerprint density at radius 2 is 1.95 bits per heavy atom. The normalized spacial score (nSPS) is 18.0. The summed E-state index contributed by atoms with van der Waals surface area (Å²) in [5.41, 5.74) is 1.88. The Kier molecular flexibility index (Phi) is 4.50. The van der Waals surface area contributed by atoms with Crippen LogP contribution in [0.3, 0.4) is 0 Å². The highest BCUT2D eigenvalue weighted by Crippen LogP contribution is 2.33. The second kappa shape index (κ2) is 6.36. The molecule has 0 bridgehead atoms. The predicted molar refractivity (Wildman–Crippen MR) is 93.6 cm³/mol. The average molecular weight is 412 g/mol. The van der Waals surface area contributed by atoms with Gasteiger partial charge >= 0.3 is 0 Å². The van der Waals surface area contributed by atoms with E-state index in [1.165, 1.54) is 5.56 Å². The molecule has 1 unspecified atom stereocenters. The van der Waals surface area contributed by atoms with Gasteiger partial charge in [0, 0.05) is 15.7 Å². The second-order valence-corrected chi connectivity index (χ2v) is 6.77. The zero-order valence-corrected chi connectivity index (χ0v) is 14.3. The molecule has 2 aromatic carbocycles. The molecule has 1 aliphatic rings. The Balaban J connectivity index is 1.88. The van der Waals surface area contributed by atoms with Crippen molar-refractivity contribution in [3.63, 3.8) is 0 Å². The van der Waals surface area contributed by atoms with Gasteiger partial charge in [0.05, 0.1) is 11.1 Å². The van der Waals surface area contributed by atoms with Crippen LogP contribution in [-0.2, 0) is 0 Å². The lowest BCUT2D eigenvalue weighted by Gasteiger charge is -2.25. The third-order valence-electron chi connectivity index (χ3n) is 3.86. The van der Waals surface area contributed by atoms with Crippen molar-refractivity contribution in [3.05, 3.63) is 68.3 Å². The highest BCUT2D eigenvalue weighted by Gasteiger charge is 2.30. The summed E-state index contributed by atoms with van der Waals surface area (Å²) in [6, 6.07) is 15.9. The highest BCUT2D eigenvalue weighted by molar-refractivity contribution is 14.1. The summed E-state index contributed by atoms with van der Waals surface area (Å²) in [6.07, 6.45) is 2.07. The molecule has 2 aromatic rings. The van der Waals surface area contributed by atoms with Crippen LogP contribution in [-0.4, -0.2) is 17.4 Å². The molecule has 1 atom stereocenters. The number of carbonyl (C=O) groups excluding carboxylic acids is 1. The van der Waals surface area contributed by atoms with Crippen LogP contribution in [0.1, 0.15) is 34.8 Å². The van der Waals surface area contributed by atoms with Gasteiger partial charge in [0.15, 0.2) is 0 Å². The molecule has 3 rings (SSSR count). The molecule has 0 aliphatic carbocycles. The molecule has 0 N–H and O–H groups in total. The van der Waals surface area contributed by atoms with Gasteiger partial charge in [-0.2, -0.15) is 0 Å². The number of likely N-dealkylation sites (tertiary alicyclic amines) is 1. The molecule has 108 valence electrons. The molecule has 0 aromatic heterocycles. The Hall–Kier alpha value is -1.07. The first-order chi connectivity index (χ1) is 10.2. The van der Waals surface area contributed by atoms with Crippen molar-refractivity contribution in [2.45, 2.75) is 18.9 Å². The average Bonchev–Trinajstić information content (AvgIpc) is 2.99. The van der Waals surface area contributed by atoms with Crippen LogP contribution >= 0.6 is 34.2 Å². The number of benzene rings is 2. The van der Waals surface area contributed by atoms with E-state index in [9.17, 15) is 4.79 Å². The molecular weight excluding hydrogens is 397 g/mol. The first-order valence-corrected chi connectivity index (χ1v) is 8.43. The third-order valence-corrected chi connectivity index (χ3v) is 5.44. The molecule has 0 spiro atoms. The maximum absolute atomic E-state index is 12.8. The van der Waals surface area contributed by atoms with E-state index in [1.54, 1.807) is 6.07 Å². The van der Waals surface area contributed by atoms with Gasteiger partial charge in [-0.25, -0.2) is 0 Å². The minimum absolute atomic E-state index is 0.0691. The van der Waals surface area contributed by atoms with Crippen LogP contribution < -0.4 is 0 Å². The fourth-order valence-electron chi connectivity index (χ4n) is 2.83. The summed E-state index contributed by atoms with van der Waals surface area (Å²) in [5, 5.41) is 0.636. The van der Waals surface area contributed by atoms with Gasteiger partial charge in [0.2, 0.25) is 0 Å². The van der Waals surface area contributed by atoms with E-state index in [4.69, 9.17) is 11.6 Å². The summed E-state index contributed by atoms with van der Waals surface area (Å²) >= 11 is 8.31. The fourth-order valence-corrected chi connectivity index (χ4v) is 3.34. The summed E-state index contributed by atoms with van der Waals surface area (Å²) in [7, 11) is 0. The van der Waals surface area contributed by atoms with Crippen LogP contribution in [0.4, 0.5) is 0 Å². The van der Waals surface area contributed by atoms with Crippen molar-refractivity contribution in [3.8, 4) is 0 Å². The zero-order valence-electron chi connectivity index (χ0n) is 11.4. The number of hydrogen-bond acceptors (Lipinski definition) is 1. The molecule has 2 nitrogen and oxygen atoms in total. The van der Waals surface area contributed by atoms with Crippen molar-refractivity contribution < 1.29 is 4.79 Å². The van der Waals surface area contributed by atoms with Crippen molar-refractivity contribution in [2.24, 2.45) is 0 Å². The summed E-state index contributed by atoms with van der Waals surface area (Å²) in [4.78, 5) is 14.7. The predicted octanol–water partition coefficient (Wildman–Crippen LogP) is 4.92. The van der Waals surface area contributed by atoms with Gasteiger partial charge in [-0.05, 0) is 59.2 Å². The molecular formula is C17H15ClINO. The molecule has 1 saturated heterocycles. The number of nitrogens with zero attached hydrogens (tertiary/aromatic N) is 1. The first kappa shape index (κ1) is 14.9. The lowest BCUT2D eigenvalue weighted by atomic mass is 10.0. The Morgan fingerprint density at radius 1 is 1.19 bits per heavy atom. The SMILES string of the molecule is O=C(c1ccc(I)c(Cl)c1)N1CCCC1c1ccccc1. The first-order valence-electron chi connectivity index (χ1n) is 6.98. The maximum atomic E-state index is 12.8. The van der Waals surface area contributed by atoms with E-state index >= 15 is 0 Å². The van der Waals surface area contributed by atoms with Crippen LogP contribution in [0.2, 0.25) is 5.02 Å². The van der Waals surface area contributed by atoms with Gasteiger partial charge in [0.1, 0.15) is 0 Å². The van der Waals surface area contributed by atoms with E-state index in [0.29, 0.717) is 10.6 Å². The van der Waals surface area contributed by atoms with Gasteiger partial charge < -0.3 is 4.90 Å². The van der Waals surface area contributed by atoms with Gasteiger partial charge in [-0.15, -0.1) is 0 Å². The monoisotopic (exact) mass is 411 g/mol. The van der Waals surface area contributed by atoms with Crippen LogP contribution in [0.25, 0.3) is 0 Å². The molecule has 1 heterocycles. The highest BCUT2D eigenvalue weighted by atomic mass is 127. The van der Waals surface area contributed by atoms with E-state index in [2.05, 4.69) is 34.7 Å². The lowest BCUT2D eigenvalue weighted by Crippen LogP contribution is -2.30. The lowest BCUT2D eigenvalue weighted by molar-refractivity contribution is 0.0735. The standard InChI is InChI=1S/C17H15ClINO/c18-14-11-13(8-9-15(14)19)17(21)20-10-4-7-16(20)12-5-2-1-3-6-12/h1-3,5-6,8-9,11,16H,4,7,10H2. The smallest absolute Gasteiger partial charge is 0.254 e.